The van der Waals surface area contributed by atoms with Gasteiger partial charge in [0.1, 0.15) is 11.5 Å². The van der Waals surface area contributed by atoms with Gasteiger partial charge in [-0.2, -0.15) is 0 Å². The van der Waals surface area contributed by atoms with Crippen LogP contribution in [0.25, 0.3) is 0 Å². The second kappa shape index (κ2) is 4.06. The van der Waals surface area contributed by atoms with E-state index in [0.717, 1.165) is 17.2 Å². The molecule has 5 heteroatoms. The van der Waals surface area contributed by atoms with Crippen LogP contribution < -0.4 is 5.32 Å². The summed E-state index contributed by atoms with van der Waals surface area (Å²) in [6, 6.07) is 1.90. The maximum Gasteiger partial charge on any atom is 0.180 e. The first-order valence-electron chi connectivity index (χ1n) is 4.35. The number of hydrogen-bond donors (Lipinski definition) is 1. The molecule has 0 saturated carbocycles. The molecule has 0 saturated heterocycles. The van der Waals surface area contributed by atoms with Crippen LogP contribution in [-0.4, -0.2) is 10.1 Å². The van der Waals surface area contributed by atoms with E-state index in [1.807, 2.05) is 13.0 Å². The molecule has 2 heterocycles. The van der Waals surface area contributed by atoms with Crippen molar-refractivity contribution in [2.45, 2.75) is 20.0 Å². The van der Waals surface area contributed by atoms with Crippen LogP contribution in [0.4, 0.5) is 0 Å². The van der Waals surface area contributed by atoms with Crippen molar-refractivity contribution in [2.24, 2.45) is 0 Å². The van der Waals surface area contributed by atoms with Crippen molar-refractivity contribution >= 4 is 0 Å². The number of oxazole rings is 1. The minimum absolute atomic E-state index is 0.645. The Labute approximate surface area is 81.1 Å². The van der Waals surface area contributed by atoms with E-state index in [0.29, 0.717) is 13.1 Å². The zero-order chi connectivity index (χ0) is 9.80. The zero-order valence-electron chi connectivity index (χ0n) is 7.86. The summed E-state index contributed by atoms with van der Waals surface area (Å²) in [5.74, 6) is 1.63. The fourth-order valence-corrected chi connectivity index (χ4v) is 1.14. The molecule has 0 atom stereocenters. The molecule has 0 aliphatic carbocycles. The third-order valence-corrected chi connectivity index (χ3v) is 1.77. The molecule has 5 nitrogen and oxygen atoms in total. The van der Waals surface area contributed by atoms with Gasteiger partial charge in [0.05, 0.1) is 18.4 Å². The molecule has 0 spiro atoms. The quantitative estimate of drug-likeness (QED) is 0.791. The monoisotopic (exact) mass is 193 g/mol. The molecular formula is C9H11N3O2. The Kier molecular flexibility index (Phi) is 2.60. The SMILES string of the molecule is Cc1cc(CNCc2cnco2)no1. The van der Waals surface area contributed by atoms with E-state index < -0.39 is 0 Å². The summed E-state index contributed by atoms with van der Waals surface area (Å²) in [5.41, 5.74) is 0.891. The fraction of sp³-hybridized carbons (Fsp3) is 0.333. The minimum atomic E-state index is 0.645. The Morgan fingerprint density at radius 1 is 1.43 bits per heavy atom. The smallest absolute Gasteiger partial charge is 0.180 e. The van der Waals surface area contributed by atoms with Gasteiger partial charge in [-0.1, -0.05) is 5.16 Å². The lowest BCUT2D eigenvalue weighted by atomic mass is 10.4. The molecule has 0 unspecified atom stereocenters. The van der Waals surface area contributed by atoms with Crippen molar-refractivity contribution in [1.29, 1.82) is 0 Å². The highest BCUT2D eigenvalue weighted by Crippen LogP contribution is 2.01. The highest BCUT2D eigenvalue weighted by Gasteiger charge is 2.00. The Morgan fingerprint density at radius 3 is 3.00 bits per heavy atom. The summed E-state index contributed by atoms with van der Waals surface area (Å²) < 4.78 is 9.99. The maximum atomic E-state index is 5.06. The Hall–Kier alpha value is -1.62. The minimum Gasteiger partial charge on any atom is -0.447 e. The maximum absolute atomic E-state index is 5.06. The van der Waals surface area contributed by atoms with Crippen LogP contribution >= 0.6 is 0 Å². The van der Waals surface area contributed by atoms with Crippen molar-refractivity contribution in [3.8, 4) is 0 Å². The first-order valence-corrected chi connectivity index (χ1v) is 4.35. The predicted octanol–water partition coefficient (Wildman–Crippen LogP) is 1.26. The second-order valence-corrected chi connectivity index (χ2v) is 3.00. The third kappa shape index (κ3) is 2.20. The van der Waals surface area contributed by atoms with E-state index >= 15 is 0 Å². The highest BCUT2D eigenvalue weighted by atomic mass is 16.5. The van der Waals surface area contributed by atoms with Crippen LogP contribution in [-0.2, 0) is 13.1 Å². The number of aryl methyl sites for hydroxylation is 1. The zero-order valence-corrected chi connectivity index (χ0v) is 7.86. The molecule has 2 aromatic rings. The van der Waals surface area contributed by atoms with E-state index in [2.05, 4.69) is 15.5 Å². The van der Waals surface area contributed by atoms with E-state index in [-0.39, 0.29) is 0 Å². The molecule has 14 heavy (non-hydrogen) atoms. The van der Waals surface area contributed by atoms with E-state index in [9.17, 15) is 0 Å². The van der Waals surface area contributed by atoms with Gasteiger partial charge in [-0.3, -0.25) is 0 Å². The van der Waals surface area contributed by atoms with Crippen molar-refractivity contribution < 1.29 is 8.94 Å². The van der Waals surface area contributed by atoms with Gasteiger partial charge < -0.3 is 14.3 Å². The number of hydrogen-bond acceptors (Lipinski definition) is 5. The van der Waals surface area contributed by atoms with E-state index in [1.165, 1.54) is 6.39 Å². The Balaban J connectivity index is 1.78. The van der Waals surface area contributed by atoms with Crippen LogP contribution in [0.3, 0.4) is 0 Å². The summed E-state index contributed by atoms with van der Waals surface area (Å²) in [7, 11) is 0. The number of rotatable bonds is 4. The summed E-state index contributed by atoms with van der Waals surface area (Å²) in [4.78, 5) is 3.81. The van der Waals surface area contributed by atoms with Crippen LogP contribution in [0.15, 0.2) is 27.6 Å². The van der Waals surface area contributed by atoms with Crippen molar-refractivity contribution in [3.05, 3.63) is 35.9 Å². The molecular weight excluding hydrogens is 182 g/mol. The van der Waals surface area contributed by atoms with Crippen molar-refractivity contribution in [1.82, 2.24) is 15.5 Å². The first-order chi connectivity index (χ1) is 6.84. The predicted molar refractivity (Wildman–Crippen MR) is 48.3 cm³/mol. The summed E-state index contributed by atoms with van der Waals surface area (Å²) in [6.07, 6.45) is 3.10. The van der Waals surface area contributed by atoms with Crippen LogP contribution in [0.5, 0.6) is 0 Å². The van der Waals surface area contributed by atoms with Gasteiger partial charge >= 0.3 is 0 Å². The van der Waals surface area contributed by atoms with Crippen LogP contribution in [0.1, 0.15) is 17.2 Å². The molecule has 0 aromatic carbocycles. The average Bonchev–Trinajstić information content (AvgIpc) is 2.77. The van der Waals surface area contributed by atoms with Gasteiger partial charge in [-0.05, 0) is 6.92 Å². The largest absolute Gasteiger partial charge is 0.447 e. The fourth-order valence-electron chi connectivity index (χ4n) is 1.14. The topological polar surface area (TPSA) is 64.1 Å². The lowest BCUT2D eigenvalue weighted by molar-refractivity contribution is 0.387. The lowest BCUT2D eigenvalue weighted by Gasteiger charge is -1.96. The van der Waals surface area contributed by atoms with Crippen LogP contribution in [0, 0.1) is 6.92 Å². The normalized spacial score (nSPS) is 10.6. The Morgan fingerprint density at radius 2 is 2.36 bits per heavy atom. The molecule has 0 bridgehead atoms. The third-order valence-electron chi connectivity index (χ3n) is 1.77. The first kappa shape index (κ1) is 8.96. The summed E-state index contributed by atoms with van der Waals surface area (Å²) in [5, 5.41) is 7.01. The lowest BCUT2D eigenvalue weighted by Crippen LogP contribution is -2.12. The molecule has 0 amide bonds. The van der Waals surface area contributed by atoms with Crippen molar-refractivity contribution in [2.75, 3.05) is 0 Å². The molecule has 0 fully saturated rings. The van der Waals surface area contributed by atoms with Gasteiger partial charge in [-0.25, -0.2) is 4.98 Å². The molecule has 2 rings (SSSR count). The van der Waals surface area contributed by atoms with Gasteiger partial charge in [0.15, 0.2) is 6.39 Å². The number of nitrogens with one attached hydrogen (secondary N) is 1. The molecule has 74 valence electrons. The van der Waals surface area contributed by atoms with Crippen LogP contribution in [0.2, 0.25) is 0 Å². The molecule has 2 aromatic heterocycles. The standard InChI is InChI=1S/C9H11N3O2/c1-7-2-8(12-14-7)3-10-4-9-5-11-6-13-9/h2,5-6,10H,3-4H2,1H3. The summed E-state index contributed by atoms with van der Waals surface area (Å²) in [6.45, 7) is 3.18. The highest BCUT2D eigenvalue weighted by molar-refractivity contribution is 5.03. The van der Waals surface area contributed by atoms with E-state index in [1.54, 1.807) is 6.20 Å². The average molecular weight is 193 g/mol. The summed E-state index contributed by atoms with van der Waals surface area (Å²) >= 11 is 0. The Bertz CT molecular complexity index is 380. The van der Waals surface area contributed by atoms with Gasteiger partial charge in [0, 0.05) is 12.6 Å². The van der Waals surface area contributed by atoms with Gasteiger partial charge in [0.25, 0.3) is 0 Å². The van der Waals surface area contributed by atoms with Gasteiger partial charge in [0.2, 0.25) is 0 Å². The molecule has 0 aliphatic rings. The molecule has 0 aliphatic heterocycles. The van der Waals surface area contributed by atoms with Crippen molar-refractivity contribution in [3.63, 3.8) is 0 Å². The second-order valence-electron chi connectivity index (χ2n) is 3.00. The van der Waals surface area contributed by atoms with E-state index in [4.69, 9.17) is 8.94 Å². The number of aromatic nitrogens is 2. The molecule has 1 N–H and O–H groups in total. The molecule has 0 radical (unpaired) electrons. The van der Waals surface area contributed by atoms with Gasteiger partial charge in [-0.15, -0.1) is 0 Å². The number of nitrogens with zero attached hydrogens (tertiary/aromatic N) is 2.